The average Bonchev–Trinajstić information content (AvgIpc) is 3.66. The third-order valence-electron chi connectivity index (χ3n) is 14.2. The van der Waals surface area contributed by atoms with Crippen molar-refractivity contribution in [1.29, 1.82) is 0 Å². The summed E-state index contributed by atoms with van der Waals surface area (Å²) in [6.45, 7) is 20.0. The molecule has 0 unspecified atom stereocenters. The van der Waals surface area contributed by atoms with Gasteiger partial charge in [-0.1, -0.05) is 126 Å². The maximum absolute atomic E-state index is 14.4. The van der Waals surface area contributed by atoms with Gasteiger partial charge in [-0.05, 0) is 107 Å². The SMILES string of the molecule is C=C(/C=C\C=C/C)[C@@H](COCCCCCCOC[C@@H](NC(=O)[C@H]1N2C(=O)[C@@H](NC(=S)[C@H](C)NC)CCS[C@H]2CC1(C)C)c1ccccc1)NC(=O)[C@H]1N2C(=O)[C@@H](NC(=S)[C@H](C)NC)CCS[C@H]2CC1(C)C. The van der Waals surface area contributed by atoms with Crippen LogP contribution >= 0.6 is 48.0 Å². The van der Waals surface area contributed by atoms with Gasteiger partial charge in [0, 0.05) is 13.2 Å². The van der Waals surface area contributed by atoms with Crippen molar-refractivity contribution < 1.29 is 28.7 Å². The Morgan fingerprint density at radius 3 is 1.72 bits per heavy atom. The van der Waals surface area contributed by atoms with Crippen LogP contribution in [0, 0.1) is 10.8 Å². The molecular formula is C53H82N8O6S4. The van der Waals surface area contributed by atoms with Crippen molar-refractivity contribution in [1.82, 2.24) is 41.7 Å². The van der Waals surface area contributed by atoms with E-state index in [1.54, 1.807) is 28.4 Å². The first-order valence-corrected chi connectivity index (χ1v) is 28.4. The first kappa shape index (κ1) is 58.5. The van der Waals surface area contributed by atoms with Crippen LogP contribution in [-0.2, 0) is 28.7 Å². The van der Waals surface area contributed by atoms with E-state index in [4.69, 9.17) is 33.9 Å². The van der Waals surface area contributed by atoms with Crippen LogP contribution in [0.4, 0.5) is 0 Å². The summed E-state index contributed by atoms with van der Waals surface area (Å²) in [5.74, 6) is 0.999. The molecule has 0 aromatic heterocycles. The Morgan fingerprint density at radius 1 is 0.761 bits per heavy atom. The monoisotopic (exact) mass is 1050 g/mol. The fourth-order valence-electron chi connectivity index (χ4n) is 9.78. The number of hydrogen-bond acceptors (Lipinski definition) is 12. The highest BCUT2D eigenvalue weighted by Gasteiger charge is 2.56. The fraction of sp³-hybridized carbons (Fsp3) is 0.660. The average molecular weight is 1060 g/mol. The lowest BCUT2D eigenvalue weighted by atomic mass is 9.83. The molecule has 71 heavy (non-hydrogen) atoms. The van der Waals surface area contributed by atoms with Crippen LogP contribution in [0.3, 0.4) is 0 Å². The number of hydrogen-bond donors (Lipinski definition) is 6. The van der Waals surface area contributed by atoms with Gasteiger partial charge in [0.05, 0.1) is 58.1 Å². The van der Waals surface area contributed by atoms with Gasteiger partial charge in [0.1, 0.15) is 24.2 Å². The Balaban J connectivity index is 1.12. The highest BCUT2D eigenvalue weighted by atomic mass is 32.2. The summed E-state index contributed by atoms with van der Waals surface area (Å²) in [5, 5.41) is 19.2. The number of unbranched alkanes of at least 4 members (excludes halogenated alkanes) is 3. The number of thiocarbonyl (C=S) groups is 2. The number of carbonyl (C=O) groups is 4. The molecule has 1 aromatic carbocycles. The molecule has 4 saturated heterocycles. The van der Waals surface area contributed by atoms with E-state index in [0.29, 0.717) is 54.6 Å². The van der Waals surface area contributed by atoms with E-state index in [2.05, 4.69) is 66.2 Å². The van der Waals surface area contributed by atoms with Crippen molar-refractivity contribution >= 4 is 81.6 Å². The lowest BCUT2D eigenvalue weighted by molar-refractivity contribution is -0.142. The molecule has 14 nitrogen and oxygen atoms in total. The first-order valence-electron chi connectivity index (χ1n) is 25.5. The van der Waals surface area contributed by atoms with Gasteiger partial charge in [-0.15, -0.1) is 23.5 Å². The van der Waals surface area contributed by atoms with Gasteiger partial charge < -0.3 is 51.2 Å². The van der Waals surface area contributed by atoms with Crippen LogP contribution in [0.25, 0.3) is 0 Å². The predicted molar refractivity (Wildman–Crippen MR) is 298 cm³/mol. The van der Waals surface area contributed by atoms with Crippen LogP contribution in [0.2, 0.25) is 0 Å². The number of rotatable bonds is 25. The molecule has 5 rings (SSSR count). The van der Waals surface area contributed by atoms with E-state index in [1.807, 2.05) is 94.4 Å². The quantitative estimate of drug-likeness (QED) is 0.0354. The third kappa shape index (κ3) is 15.8. The summed E-state index contributed by atoms with van der Waals surface area (Å²) in [4.78, 5) is 62.1. The minimum absolute atomic E-state index is 0.0815. The topological polar surface area (TPSA) is 165 Å². The van der Waals surface area contributed by atoms with Gasteiger partial charge in [0.15, 0.2) is 0 Å². The zero-order chi connectivity index (χ0) is 51.9. The zero-order valence-electron chi connectivity index (χ0n) is 43.6. The summed E-state index contributed by atoms with van der Waals surface area (Å²) in [7, 11) is 3.67. The molecule has 4 aliphatic rings. The van der Waals surface area contributed by atoms with Gasteiger partial charge >= 0.3 is 0 Å². The molecule has 4 aliphatic heterocycles. The lowest BCUT2D eigenvalue weighted by Gasteiger charge is -2.35. The molecule has 1 aromatic rings. The van der Waals surface area contributed by atoms with Crippen molar-refractivity contribution in [3.05, 3.63) is 72.4 Å². The second-order valence-corrected chi connectivity index (χ2v) is 24.1. The van der Waals surface area contributed by atoms with E-state index >= 15 is 0 Å². The second-order valence-electron chi connectivity index (χ2n) is 20.6. The van der Waals surface area contributed by atoms with Crippen molar-refractivity contribution in [2.45, 2.75) is 159 Å². The van der Waals surface area contributed by atoms with E-state index in [1.165, 1.54) is 0 Å². The third-order valence-corrected chi connectivity index (χ3v) is 17.6. The Hall–Kier alpha value is -3.36. The molecule has 0 aliphatic carbocycles. The van der Waals surface area contributed by atoms with Crippen molar-refractivity contribution in [2.24, 2.45) is 10.8 Å². The number of benzene rings is 1. The van der Waals surface area contributed by atoms with Gasteiger partial charge in [0.2, 0.25) is 23.6 Å². The molecule has 0 spiro atoms. The molecular weight excluding hydrogens is 973 g/mol. The fourth-order valence-corrected chi connectivity index (χ4v) is 13.5. The number of nitrogens with zero attached hydrogens (tertiary/aromatic N) is 2. The lowest BCUT2D eigenvalue weighted by Crippen LogP contribution is -2.58. The van der Waals surface area contributed by atoms with Crippen LogP contribution in [0.15, 0.2) is 66.8 Å². The minimum atomic E-state index is -0.675. The highest BCUT2D eigenvalue weighted by molar-refractivity contribution is 8.00. The number of fused-ring (bicyclic) bond motifs is 2. The van der Waals surface area contributed by atoms with Gasteiger partial charge in [-0.2, -0.15) is 0 Å². The molecule has 0 bridgehead atoms. The van der Waals surface area contributed by atoms with Gasteiger partial charge in [-0.25, -0.2) is 0 Å². The number of allylic oxidation sites excluding steroid dienone is 3. The summed E-state index contributed by atoms with van der Waals surface area (Å²) in [6.07, 6.45) is 13.8. The molecule has 4 heterocycles. The largest absolute Gasteiger partial charge is 0.379 e. The van der Waals surface area contributed by atoms with E-state index < -0.39 is 47.1 Å². The van der Waals surface area contributed by atoms with Crippen molar-refractivity contribution in [2.75, 3.05) is 52.0 Å². The Labute approximate surface area is 443 Å². The number of thioether (sulfide) groups is 2. The first-order chi connectivity index (χ1) is 33.8. The smallest absolute Gasteiger partial charge is 0.246 e. The number of likely N-dealkylation sites (N-methyl/N-ethyl adjacent to an activating group) is 2. The number of carbonyl (C=O) groups excluding carboxylic acids is 4. The predicted octanol–water partition coefficient (Wildman–Crippen LogP) is 6.58. The van der Waals surface area contributed by atoms with E-state index in [0.717, 1.165) is 49.2 Å². The van der Waals surface area contributed by atoms with E-state index in [-0.39, 0.29) is 53.1 Å². The summed E-state index contributed by atoms with van der Waals surface area (Å²) in [6, 6.07) is 6.47. The molecule has 0 saturated carbocycles. The molecule has 6 N–H and O–H groups in total. The van der Waals surface area contributed by atoms with Crippen molar-refractivity contribution in [3.63, 3.8) is 0 Å². The Morgan fingerprint density at radius 2 is 1.24 bits per heavy atom. The van der Waals surface area contributed by atoms with E-state index in [9.17, 15) is 19.2 Å². The normalized spacial score (nSPS) is 25.6. The van der Waals surface area contributed by atoms with Gasteiger partial charge in [0.25, 0.3) is 0 Å². The number of nitrogens with one attached hydrogen (secondary N) is 6. The van der Waals surface area contributed by atoms with Gasteiger partial charge in [-0.3, -0.25) is 19.2 Å². The van der Waals surface area contributed by atoms with Crippen LogP contribution in [0.5, 0.6) is 0 Å². The summed E-state index contributed by atoms with van der Waals surface area (Å²) < 4.78 is 12.5. The maximum atomic E-state index is 14.4. The summed E-state index contributed by atoms with van der Waals surface area (Å²) >= 11 is 14.7. The Bertz CT molecular complexity index is 2060. The minimum Gasteiger partial charge on any atom is -0.379 e. The van der Waals surface area contributed by atoms with Crippen molar-refractivity contribution in [3.8, 4) is 0 Å². The molecule has 10 atom stereocenters. The Kier molecular flexibility index (Phi) is 22.9. The standard InChI is InChI=1S/C53H82N8O6S4/c1-11-12-16-21-34(2)40(56-46(62)44-52(5,6)30-42-60(44)50(64)38(24-28-70-42)58-48(68)35(3)54-9)32-66-26-19-13-14-20-27-67-33-41(37-22-17-15-18-23-37)57-47(63)45-53(7,8)31-43-61(45)51(65)39(25-29-71-43)59-49(69)36(4)55-10/h11-12,15-18,21-23,35-36,38-45,54-55H,2,13-14,19-20,24-33H2,1,3-10H3,(H,56,62)(H,57,63)(H,58,68)(H,59,69)/b12-11-,21-16-/t35-,36-,38-,39-,40+,41+,42-,43-,44+,45+/m0/s1. The van der Waals surface area contributed by atoms with Crippen LogP contribution in [-0.4, -0.2) is 148 Å². The number of amides is 4. The molecule has 4 amide bonds. The number of ether oxygens (including phenoxy) is 2. The molecule has 394 valence electrons. The highest BCUT2D eigenvalue weighted by Crippen LogP contribution is 2.48. The zero-order valence-corrected chi connectivity index (χ0v) is 46.8. The molecule has 0 radical (unpaired) electrons. The molecule has 4 fully saturated rings. The summed E-state index contributed by atoms with van der Waals surface area (Å²) in [5.41, 5.74) is 0.748. The van der Waals surface area contributed by atoms with Crippen LogP contribution < -0.4 is 31.9 Å². The molecule has 18 heteroatoms. The van der Waals surface area contributed by atoms with Crippen LogP contribution in [0.1, 0.15) is 111 Å². The second kappa shape index (κ2) is 27.8. The maximum Gasteiger partial charge on any atom is 0.246 e.